The molecule has 1 aromatic rings. The van der Waals surface area contributed by atoms with Gasteiger partial charge < -0.3 is 10.1 Å². The van der Waals surface area contributed by atoms with Crippen molar-refractivity contribution in [2.75, 3.05) is 7.11 Å². The van der Waals surface area contributed by atoms with E-state index in [1.54, 1.807) is 26.0 Å². The smallest absolute Gasteiger partial charge is 0.328 e. The highest BCUT2D eigenvalue weighted by molar-refractivity contribution is 5.87. The molecule has 0 fully saturated rings. The van der Waals surface area contributed by atoms with Gasteiger partial charge in [0.05, 0.1) is 7.11 Å². The van der Waals surface area contributed by atoms with Crippen molar-refractivity contribution in [2.45, 2.75) is 32.4 Å². The Morgan fingerprint density at radius 2 is 1.92 bits per heavy atom. The fourth-order valence-corrected chi connectivity index (χ4v) is 2.06. The molecule has 2 atom stereocenters. The molecule has 130 valence electrons. The van der Waals surface area contributed by atoms with Gasteiger partial charge in [0.15, 0.2) is 0 Å². The maximum atomic E-state index is 12.2. The van der Waals surface area contributed by atoms with Crippen LogP contribution in [-0.2, 0) is 14.3 Å². The zero-order valence-corrected chi connectivity index (χ0v) is 14.0. The molecule has 1 N–H and O–H groups in total. The Morgan fingerprint density at radius 1 is 1.29 bits per heavy atom. The van der Waals surface area contributed by atoms with E-state index in [0.29, 0.717) is 0 Å². The Kier molecular flexibility index (Phi) is 7.61. The van der Waals surface area contributed by atoms with Crippen molar-refractivity contribution in [3.63, 3.8) is 0 Å². The minimum atomic E-state index is -1.46. The first kappa shape index (κ1) is 19.3. The zero-order valence-electron chi connectivity index (χ0n) is 14.0. The first-order valence-corrected chi connectivity index (χ1v) is 7.60. The summed E-state index contributed by atoms with van der Waals surface area (Å²) in [5, 5.41) is 13.6. The van der Waals surface area contributed by atoms with Gasteiger partial charge in [-0.3, -0.25) is 14.9 Å². The fourth-order valence-electron chi connectivity index (χ4n) is 2.06. The lowest BCUT2D eigenvalue weighted by Crippen LogP contribution is -2.50. The number of nitrogens with one attached hydrogen (secondary N) is 1. The fraction of sp³-hybridized carbons (Fsp3) is 0.412. The molecule has 7 nitrogen and oxygen atoms in total. The first-order valence-electron chi connectivity index (χ1n) is 7.60. The third kappa shape index (κ3) is 5.83. The maximum Gasteiger partial charge on any atom is 0.328 e. The van der Waals surface area contributed by atoms with Crippen molar-refractivity contribution >= 4 is 18.0 Å². The number of benzene rings is 1. The lowest BCUT2D eigenvalue weighted by molar-refractivity contribution is -0.506. The van der Waals surface area contributed by atoms with E-state index in [-0.39, 0.29) is 12.3 Å². The number of rotatable bonds is 8. The highest BCUT2D eigenvalue weighted by Gasteiger charge is 2.33. The third-order valence-electron chi connectivity index (χ3n) is 3.45. The highest BCUT2D eigenvalue weighted by atomic mass is 16.6. The van der Waals surface area contributed by atoms with Gasteiger partial charge in [-0.25, -0.2) is 4.79 Å². The monoisotopic (exact) mass is 334 g/mol. The summed E-state index contributed by atoms with van der Waals surface area (Å²) < 4.78 is 4.62. The number of nitrogens with zero attached hydrogens (tertiary/aromatic N) is 1. The van der Waals surface area contributed by atoms with Crippen LogP contribution in [0.2, 0.25) is 0 Å². The molecule has 0 aliphatic carbocycles. The minimum Gasteiger partial charge on any atom is -0.467 e. The van der Waals surface area contributed by atoms with Crippen molar-refractivity contribution in [1.29, 1.82) is 0 Å². The molecule has 0 heterocycles. The summed E-state index contributed by atoms with van der Waals surface area (Å²) in [5.41, 5.74) is 0.884. The number of ether oxygens (including phenoxy) is 1. The summed E-state index contributed by atoms with van der Waals surface area (Å²) in [6, 6.07) is 6.89. The van der Waals surface area contributed by atoms with Gasteiger partial charge >= 0.3 is 5.97 Å². The van der Waals surface area contributed by atoms with Crippen LogP contribution in [0.4, 0.5) is 0 Å². The van der Waals surface area contributed by atoms with Crippen LogP contribution >= 0.6 is 0 Å². The number of carbonyl (C=O) groups is 2. The molecular weight excluding hydrogens is 312 g/mol. The van der Waals surface area contributed by atoms with E-state index < -0.39 is 28.9 Å². The molecule has 0 aliphatic rings. The third-order valence-corrected chi connectivity index (χ3v) is 3.45. The van der Waals surface area contributed by atoms with Crippen LogP contribution in [-0.4, -0.2) is 36.0 Å². The van der Waals surface area contributed by atoms with Crippen LogP contribution < -0.4 is 5.32 Å². The van der Waals surface area contributed by atoms with Gasteiger partial charge in [-0.1, -0.05) is 56.3 Å². The largest absolute Gasteiger partial charge is 0.467 e. The minimum absolute atomic E-state index is 0.0697. The van der Waals surface area contributed by atoms with E-state index in [9.17, 15) is 19.7 Å². The van der Waals surface area contributed by atoms with E-state index in [0.717, 1.165) is 5.56 Å². The van der Waals surface area contributed by atoms with E-state index in [4.69, 9.17) is 0 Å². The van der Waals surface area contributed by atoms with Crippen LogP contribution in [0.25, 0.3) is 6.08 Å². The van der Waals surface area contributed by atoms with Gasteiger partial charge in [-0.2, -0.15) is 0 Å². The molecule has 0 aromatic heterocycles. The van der Waals surface area contributed by atoms with Gasteiger partial charge in [0, 0.05) is 11.3 Å². The Labute approximate surface area is 140 Å². The molecule has 0 bridgehead atoms. The van der Waals surface area contributed by atoms with Crippen molar-refractivity contribution < 1.29 is 19.2 Å². The second-order valence-corrected chi connectivity index (χ2v) is 5.60. The van der Waals surface area contributed by atoms with Crippen molar-refractivity contribution in [3.8, 4) is 0 Å². The summed E-state index contributed by atoms with van der Waals surface area (Å²) in [6.07, 6.45) is 3.22. The molecule has 1 rings (SSSR count). The number of carbonyl (C=O) groups excluding carboxylic acids is 2. The summed E-state index contributed by atoms with van der Waals surface area (Å²) >= 11 is 0. The van der Waals surface area contributed by atoms with Crippen LogP contribution in [0.1, 0.15) is 25.8 Å². The lowest BCUT2D eigenvalue weighted by Gasteiger charge is -2.20. The van der Waals surface area contributed by atoms with E-state index in [1.165, 1.54) is 7.11 Å². The van der Waals surface area contributed by atoms with Crippen LogP contribution in [0.15, 0.2) is 36.4 Å². The number of esters is 1. The van der Waals surface area contributed by atoms with Gasteiger partial charge in [-0.05, 0) is 11.5 Å². The Morgan fingerprint density at radius 3 is 2.42 bits per heavy atom. The predicted octanol–water partition coefficient (Wildman–Crippen LogP) is 2.05. The van der Waals surface area contributed by atoms with Crippen molar-refractivity contribution in [1.82, 2.24) is 5.32 Å². The van der Waals surface area contributed by atoms with Crippen molar-refractivity contribution in [3.05, 3.63) is 52.1 Å². The summed E-state index contributed by atoms with van der Waals surface area (Å²) in [7, 11) is 1.21. The Balaban J connectivity index is 2.76. The molecule has 1 amide bonds. The second-order valence-electron chi connectivity index (χ2n) is 5.60. The topological polar surface area (TPSA) is 98.5 Å². The number of methoxy groups -OCH3 is 1. The maximum absolute atomic E-state index is 12.2. The molecule has 0 spiro atoms. The zero-order chi connectivity index (χ0) is 18.1. The van der Waals surface area contributed by atoms with Gasteiger partial charge in [0.25, 0.3) is 11.9 Å². The standard InChI is InChI=1S/C17H22N2O5/c1-12(2)15(17(21)24-3)18-16(20)14(19(22)23)11-7-10-13-8-5-4-6-9-13/h4-10,12,14-15H,11H2,1-3H3,(H,18,20)/b10-7+/t14?,15-/m0/s1. The molecule has 0 radical (unpaired) electrons. The number of nitro groups is 1. The first-order chi connectivity index (χ1) is 11.4. The van der Waals surface area contributed by atoms with E-state index in [1.807, 2.05) is 30.3 Å². The molecule has 24 heavy (non-hydrogen) atoms. The molecule has 0 saturated carbocycles. The van der Waals surface area contributed by atoms with E-state index >= 15 is 0 Å². The summed E-state index contributed by atoms with van der Waals surface area (Å²) in [5.74, 6) is -1.67. The number of amides is 1. The highest BCUT2D eigenvalue weighted by Crippen LogP contribution is 2.08. The molecule has 7 heteroatoms. The van der Waals surface area contributed by atoms with Crippen molar-refractivity contribution in [2.24, 2.45) is 5.92 Å². The SMILES string of the molecule is COC(=O)[C@@H](NC(=O)C(C/C=C/c1ccccc1)[N+](=O)[O-])C(C)C. The number of hydrogen-bond donors (Lipinski definition) is 1. The van der Waals surface area contributed by atoms with Gasteiger partial charge in [-0.15, -0.1) is 0 Å². The average Bonchev–Trinajstić information content (AvgIpc) is 2.56. The average molecular weight is 334 g/mol. The molecule has 0 saturated heterocycles. The normalized spacial score (nSPS) is 13.5. The number of hydrogen-bond acceptors (Lipinski definition) is 5. The molecular formula is C17H22N2O5. The lowest BCUT2D eigenvalue weighted by atomic mass is 10.0. The van der Waals surface area contributed by atoms with Gasteiger partial charge in [0.2, 0.25) is 0 Å². The van der Waals surface area contributed by atoms with E-state index in [2.05, 4.69) is 10.1 Å². The molecule has 1 aromatic carbocycles. The van der Waals surface area contributed by atoms with Crippen LogP contribution in [0, 0.1) is 16.0 Å². The molecule has 0 aliphatic heterocycles. The Hall–Kier alpha value is -2.70. The predicted molar refractivity (Wildman–Crippen MR) is 89.7 cm³/mol. The second kappa shape index (κ2) is 9.44. The van der Waals surface area contributed by atoms with Gasteiger partial charge in [0.1, 0.15) is 6.04 Å². The van der Waals surface area contributed by atoms with Crippen LogP contribution in [0.3, 0.4) is 0 Å². The van der Waals surface area contributed by atoms with Crippen LogP contribution in [0.5, 0.6) is 0 Å². The quantitative estimate of drug-likeness (QED) is 0.446. The summed E-state index contributed by atoms with van der Waals surface area (Å²) in [4.78, 5) is 34.3. The summed E-state index contributed by atoms with van der Waals surface area (Å²) in [6.45, 7) is 3.44. The molecule has 1 unspecified atom stereocenters. The Bertz CT molecular complexity index is 598.